The van der Waals surface area contributed by atoms with E-state index in [0.29, 0.717) is 0 Å². The highest BCUT2D eigenvalue weighted by Gasteiger charge is 2.36. The van der Waals surface area contributed by atoms with E-state index >= 15 is 0 Å². The molecule has 0 spiro atoms. The fourth-order valence-electron chi connectivity index (χ4n) is 1.68. The maximum Gasteiger partial charge on any atom is 0.228 e. The third kappa shape index (κ3) is 2.02. The van der Waals surface area contributed by atoms with Gasteiger partial charge in [-0.1, -0.05) is 20.8 Å². The van der Waals surface area contributed by atoms with E-state index < -0.39 is 0 Å². The average Bonchev–Trinajstić information content (AvgIpc) is 2.30. The Morgan fingerprint density at radius 3 is 2.31 bits per heavy atom. The fraction of sp³-hybridized carbons (Fsp3) is 0.900. The van der Waals surface area contributed by atoms with Crippen LogP contribution in [0.4, 0.5) is 0 Å². The molecular formula is C10H20N2O. The van der Waals surface area contributed by atoms with Crippen LogP contribution in [0, 0.1) is 5.41 Å². The maximum atomic E-state index is 11.9. The topological polar surface area (TPSA) is 46.3 Å². The highest BCUT2D eigenvalue weighted by Crippen LogP contribution is 2.24. The molecule has 0 radical (unpaired) electrons. The summed E-state index contributed by atoms with van der Waals surface area (Å²) in [6.45, 7) is 8.70. The van der Waals surface area contributed by atoms with Crippen LogP contribution < -0.4 is 5.73 Å². The van der Waals surface area contributed by atoms with Crippen molar-refractivity contribution in [1.29, 1.82) is 0 Å². The van der Waals surface area contributed by atoms with Crippen LogP contribution in [0.1, 0.15) is 34.1 Å². The monoisotopic (exact) mass is 184 g/mol. The van der Waals surface area contributed by atoms with Gasteiger partial charge in [-0.05, 0) is 13.3 Å². The normalized spacial score (nSPS) is 29.5. The fourth-order valence-corrected chi connectivity index (χ4v) is 1.68. The molecule has 3 heteroatoms. The minimum Gasteiger partial charge on any atom is -0.338 e. The van der Waals surface area contributed by atoms with Crippen molar-refractivity contribution in [2.75, 3.05) is 6.54 Å². The molecule has 0 bridgehead atoms. The van der Waals surface area contributed by atoms with Gasteiger partial charge in [-0.3, -0.25) is 4.79 Å². The Hall–Kier alpha value is -0.570. The molecule has 1 fully saturated rings. The van der Waals surface area contributed by atoms with Crippen LogP contribution in [0.3, 0.4) is 0 Å². The van der Waals surface area contributed by atoms with E-state index in [1.807, 2.05) is 32.6 Å². The van der Waals surface area contributed by atoms with Gasteiger partial charge < -0.3 is 10.6 Å². The second kappa shape index (κ2) is 3.29. The first-order chi connectivity index (χ1) is 5.84. The molecule has 1 rings (SSSR count). The minimum atomic E-state index is -0.279. The van der Waals surface area contributed by atoms with Crippen molar-refractivity contribution in [3.05, 3.63) is 0 Å². The number of carbonyl (C=O) groups excluding carboxylic acids is 1. The van der Waals surface area contributed by atoms with E-state index in [1.54, 1.807) is 0 Å². The van der Waals surface area contributed by atoms with E-state index in [4.69, 9.17) is 5.73 Å². The van der Waals surface area contributed by atoms with E-state index in [-0.39, 0.29) is 23.4 Å². The molecule has 0 aromatic carbocycles. The molecule has 13 heavy (non-hydrogen) atoms. The smallest absolute Gasteiger partial charge is 0.228 e. The zero-order chi connectivity index (χ0) is 10.2. The molecule has 0 aliphatic carbocycles. The quantitative estimate of drug-likeness (QED) is 0.610. The van der Waals surface area contributed by atoms with Crippen molar-refractivity contribution < 1.29 is 4.79 Å². The van der Waals surface area contributed by atoms with E-state index in [2.05, 4.69) is 0 Å². The average molecular weight is 184 g/mol. The Labute approximate surface area is 80.3 Å². The van der Waals surface area contributed by atoms with E-state index in [1.165, 1.54) is 0 Å². The summed E-state index contributed by atoms with van der Waals surface area (Å²) < 4.78 is 0. The molecule has 1 heterocycles. The highest BCUT2D eigenvalue weighted by molar-refractivity contribution is 5.82. The molecule has 0 aromatic heterocycles. The Morgan fingerprint density at radius 1 is 1.46 bits per heavy atom. The molecule has 1 aliphatic rings. The maximum absolute atomic E-state index is 11.9. The predicted molar refractivity (Wildman–Crippen MR) is 53.2 cm³/mol. The summed E-state index contributed by atoms with van der Waals surface area (Å²) in [7, 11) is 0. The van der Waals surface area contributed by atoms with Crippen molar-refractivity contribution in [3.63, 3.8) is 0 Å². The molecule has 2 N–H and O–H groups in total. The summed E-state index contributed by atoms with van der Waals surface area (Å²) in [5, 5.41) is 0. The second-order valence-corrected chi connectivity index (χ2v) is 4.94. The third-order valence-corrected chi connectivity index (χ3v) is 2.72. The second-order valence-electron chi connectivity index (χ2n) is 4.94. The van der Waals surface area contributed by atoms with Gasteiger partial charge in [0.2, 0.25) is 5.91 Å². The molecule has 0 saturated carbocycles. The lowest BCUT2D eigenvalue weighted by Gasteiger charge is -2.29. The largest absolute Gasteiger partial charge is 0.338 e. The summed E-state index contributed by atoms with van der Waals surface area (Å²) in [5.74, 6) is 0.216. The van der Waals surface area contributed by atoms with Crippen LogP contribution in [0.15, 0.2) is 0 Å². The molecule has 2 atom stereocenters. The first-order valence-electron chi connectivity index (χ1n) is 4.90. The molecule has 0 unspecified atom stereocenters. The van der Waals surface area contributed by atoms with Crippen LogP contribution in [-0.2, 0) is 4.79 Å². The lowest BCUT2D eigenvalue weighted by atomic mass is 9.94. The zero-order valence-corrected chi connectivity index (χ0v) is 9.00. The minimum absolute atomic E-state index is 0.159. The summed E-state index contributed by atoms with van der Waals surface area (Å²) in [6.07, 6.45) is 0.934. The molecule has 76 valence electrons. The number of carbonyl (C=O) groups is 1. The van der Waals surface area contributed by atoms with Gasteiger partial charge in [0.05, 0.1) is 0 Å². The zero-order valence-electron chi connectivity index (χ0n) is 9.00. The van der Waals surface area contributed by atoms with Gasteiger partial charge in [-0.25, -0.2) is 0 Å². The van der Waals surface area contributed by atoms with Gasteiger partial charge in [0.15, 0.2) is 0 Å². The summed E-state index contributed by atoms with van der Waals surface area (Å²) in [5.41, 5.74) is 5.58. The number of hydrogen-bond donors (Lipinski definition) is 1. The number of hydrogen-bond acceptors (Lipinski definition) is 2. The van der Waals surface area contributed by atoms with Crippen molar-refractivity contribution in [3.8, 4) is 0 Å². The number of likely N-dealkylation sites (tertiary alicyclic amines) is 1. The molecule has 0 aromatic rings. The van der Waals surface area contributed by atoms with Crippen LogP contribution in [-0.4, -0.2) is 29.4 Å². The van der Waals surface area contributed by atoms with Crippen LogP contribution in [0.25, 0.3) is 0 Å². The predicted octanol–water partition coefficient (Wildman–Crippen LogP) is 0.981. The Balaban J connectivity index is 2.69. The standard InChI is InChI=1S/C10H20N2O/c1-7-8(11)5-6-12(7)9(13)10(2,3)4/h7-8H,5-6,11H2,1-4H3/t7-,8-/m0/s1. The van der Waals surface area contributed by atoms with Gasteiger partial charge in [0, 0.05) is 24.0 Å². The molecule has 1 saturated heterocycles. The first-order valence-corrected chi connectivity index (χ1v) is 4.90. The number of nitrogens with zero attached hydrogens (tertiary/aromatic N) is 1. The van der Waals surface area contributed by atoms with Crippen LogP contribution in [0.2, 0.25) is 0 Å². The Kier molecular flexibility index (Phi) is 2.66. The van der Waals surface area contributed by atoms with Crippen molar-refractivity contribution in [1.82, 2.24) is 4.90 Å². The lowest BCUT2D eigenvalue weighted by Crippen LogP contribution is -2.45. The van der Waals surface area contributed by atoms with Crippen molar-refractivity contribution in [2.24, 2.45) is 11.1 Å². The van der Waals surface area contributed by atoms with Gasteiger partial charge in [-0.2, -0.15) is 0 Å². The molecular weight excluding hydrogens is 164 g/mol. The van der Waals surface area contributed by atoms with E-state index in [0.717, 1.165) is 13.0 Å². The summed E-state index contributed by atoms with van der Waals surface area (Å²) in [4.78, 5) is 13.8. The van der Waals surface area contributed by atoms with Crippen molar-refractivity contribution >= 4 is 5.91 Å². The third-order valence-electron chi connectivity index (χ3n) is 2.72. The summed E-state index contributed by atoms with van der Waals surface area (Å²) in [6, 6.07) is 0.359. The number of amides is 1. The highest BCUT2D eigenvalue weighted by atomic mass is 16.2. The molecule has 1 aliphatic heterocycles. The lowest BCUT2D eigenvalue weighted by molar-refractivity contribution is -0.140. The number of rotatable bonds is 0. The van der Waals surface area contributed by atoms with Gasteiger partial charge in [0.25, 0.3) is 0 Å². The van der Waals surface area contributed by atoms with Crippen LogP contribution >= 0.6 is 0 Å². The van der Waals surface area contributed by atoms with E-state index in [9.17, 15) is 4.79 Å². The Bertz CT molecular complexity index is 207. The van der Waals surface area contributed by atoms with Crippen LogP contribution in [0.5, 0.6) is 0 Å². The SMILES string of the molecule is C[C@H]1[C@@H](N)CCN1C(=O)C(C)(C)C. The molecule has 3 nitrogen and oxygen atoms in total. The first kappa shape index (κ1) is 10.5. The summed E-state index contributed by atoms with van der Waals surface area (Å²) >= 11 is 0. The Morgan fingerprint density at radius 2 is 2.00 bits per heavy atom. The van der Waals surface area contributed by atoms with Gasteiger partial charge in [0.1, 0.15) is 0 Å². The van der Waals surface area contributed by atoms with Crippen molar-refractivity contribution in [2.45, 2.75) is 46.2 Å². The van der Waals surface area contributed by atoms with Gasteiger partial charge >= 0.3 is 0 Å². The number of nitrogens with two attached hydrogens (primary N) is 1. The molecule has 1 amide bonds. The van der Waals surface area contributed by atoms with Gasteiger partial charge in [-0.15, -0.1) is 0 Å².